The number of amides is 1. The molecule has 1 aromatic carbocycles. The van der Waals surface area contributed by atoms with Crippen LogP contribution in [0, 0.1) is 0 Å². The summed E-state index contributed by atoms with van der Waals surface area (Å²) < 4.78 is 0. The molecule has 0 spiro atoms. The largest absolute Gasteiger partial charge is 0.389 e. The fraction of sp³-hybridized carbons (Fsp3) is 0.533. The number of rotatable bonds is 3. The molecule has 1 atom stereocenters. The number of hydrogen-bond donors (Lipinski definition) is 2. The summed E-state index contributed by atoms with van der Waals surface area (Å²) in [6.07, 6.45) is 0.954. The Kier molecular flexibility index (Phi) is 3.92. The highest BCUT2D eigenvalue weighted by molar-refractivity contribution is 5.84. The number of nitrogens with zero attached hydrogens (tertiary/aromatic N) is 1. The molecule has 0 fully saturated rings. The quantitative estimate of drug-likeness (QED) is 0.858. The van der Waals surface area contributed by atoms with Crippen molar-refractivity contribution in [2.75, 3.05) is 20.1 Å². The standard InChI is InChI=1S/C15H22N2O2/c1-15(2,19)10-17(3)14(18)13-12-7-5-4-6-11(12)8-9-16-13/h4-7,13,16,19H,8-10H2,1-3H3. The van der Waals surface area contributed by atoms with E-state index in [1.807, 2.05) is 18.2 Å². The molecule has 1 aliphatic rings. The van der Waals surface area contributed by atoms with Crippen LogP contribution in [0.3, 0.4) is 0 Å². The van der Waals surface area contributed by atoms with E-state index in [1.165, 1.54) is 5.56 Å². The van der Waals surface area contributed by atoms with E-state index in [0.29, 0.717) is 6.54 Å². The van der Waals surface area contributed by atoms with Gasteiger partial charge in [0, 0.05) is 20.1 Å². The van der Waals surface area contributed by atoms with Crippen molar-refractivity contribution < 1.29 is 9.90 Å². The maximum absolute atomic E-state index is 12.5. The Morgan fingerprint density at radius 1 is 1.47 bits per heavy atom. The summed E-state index contributed by atoms with van der Waals surface area (Å²) in [5.41, 5.74) is 1.41. The Bertz CT molecular complexity index is 465. The molecule has 0 bridgehead atoms. The molecule has 1 unspecified atom stereocenters. The van der Waals surface area contributed by atoms with Crippen LogP contribution < -0.4 is 5.32 Å². The first-order chi connectivity index (χ1) is 8.88. The van der Waals surface area contributed by atoms with Crippen LogP contribution in [0.5, 0.6) is 0 Å². The number of likely N-dealkylation sites (N-methyl/N-ethyl adjacent to an activating group) is 1. The highest BCUT2D eigenvalue weighted by atomic mass is 16.3. The molecule has 0 aromatic heterocycles. The average molecular weight is 262 g/mol. The van der Waals surface area contributed by atoms with Gasteiger partial charge >= 0.3 is 0 Å². The second-order valence-electron chi connectivity index (χ2n) is 5.84. The summed E-state index contributed by atoms with van der Waals surface area (Å²) in [5.74, 6) is 0.00859. The molecular weight excluding hydrogens is 240 g/mol. The van der Waals surface area contributed by atoms with Crippen molar-refractivity contribution >= 4 is 5.91 Å². The molecule has 0 radical (unpaired) electrons. The zero-order chi connectivity index (χ0) is 14.0. The maximum atomic E-state index is 12.5. The van der Waals surface area contributed by atoms with E-state index in [4.69, 9.17) is 0 Å². The molecule has 0 saturated carbocycles. The Labute approximate surface area is 114 Å². The molecule has 104 valence electrons. The first-order valence-electron chi connectivity index (χ1n) is 6.67. The van der Waals surface area contributed by atoms with Gasteiger partial charge in [0.15, 0.2) is 0 Å². The van der Waals surface area contributed by atoms with Crippen molar-refractivity contribution in [1.29, 1.82) is 0 Å². The minimum atomic E-state index is -0.876. The number of fused-ring (bicyclic) bond motifs is 1. The number of carbonyl (C=O) groups excluding carboxylic acids is 1. The van der Waals surface area contributed by atoms with E-state index in [0.717, 1.165) is 18.5 Å². The summed E-state index contributed by atoms with van der Waals surface area (Å²) >= 11 is 0. The van der Waals surface area contributed by atoms with Gasteiger partial charge in [0.05, 0.1) is 5.60 Å². The van der Waals surface area contributed by atoms with Gasteiger partial charge in [0.1, 0.15) is 6.04 Å². The lowest BCUT2D eigenvalue weighted by Gasteiger charge is -2.32. The van der Waals surface area contributed by atoms with Crippen LogP contribution >= 0.6 is 0 Å². The molecule has 4 heteroatoms. The smallest absolute Gasteiger partial charge is 0.244 e. The summed E-state index contributed by atoms with van der Waals surface area (Å²) in [4.78, 5) is 14.1. The number of aliphatic hydroxyl groups is 1. The fourth-order valence-electron chi connectivity index (χ4n) is 2.60. The molecule has 2 rings (SSSR count). The van der Waals surface area contributed by atoms with Crippen LogP contribution in [0.1, 0.15) is 31.0 Å². The summed E-state index contributed by atoms with van der Waals surface area (Å²) in [7, 11) is 1.74. The van der Waals surface area contributed by atoms with Gasteiger partial charge in [-0.15, -0.1) is 0 Å². The highest BCUT2D eigenvalue weighted by Crippen LogP contribution is 2.24. The summed E-state index contributed by atoms with van der Waals surface area (Å²) in [6.45, 7) is 4.55. The van der Waals surface area contributed by atoms with E-state index in [-0.39, 0.29) is 11.9 Å². The lowest BCUT2D eigenvalue weighted by Crippen LogP contribution is -2.46. The Morgan fingerprint density at radius 3 is 2.84 bits per heavy atom. The van der Waals surface area contributed by atoms with Gasteiger partial charge in [-0.25, -0.2) is 0 Å². The Hall–Kier alpha value is -1.39. The zero-order valence-corrected chi connectivity index (χ0v) is 11.8. The van der Waals surface area contributed by atoms with Crippen molar-refractivity contribution in [3.63, 3.8) is 0 Å². The zero-order valence-electron chi connectivity index (χ0n) is 11.8. The normalized spacial score (nSPS) is 18.8. The van der Waals surface area contributed by atoms with Gasteiger partial charge in [0.2, 0.25) is 5.91 Å². The topological polar surface area (TPSA) is 52.6 Å². The number of nitrogens with one attached hydrogen (secondary N) is 1. The van der Waals surface area contributed by atoms with Crippen LogP contribution in [0.4, 0.5) is 0 Å². The minimum absolute atomic E-state index is 0.00859. The molecule has 4 nitrogen and oxygen atoms in total. The van der Waals surface area contributed by atoms with Crippen molar-refractivity contribution in [3.8, 4) is 0 Å². The van der Waals surface area contributed by atoms with Gasteiger partial charge in [0.25, 0.3) is 0 Å². The van der Waals surface area contributed by atoms with Crippen molar-refractivity contribution in [2.24, 2.45) is 0 Å². The monoisotopic (exact) mass is 262 g/mol. The lowest BCUT2D eigenvalue weighted by molar-refractivity contribution is -0.135. The first-order valence-corrected chi connectivity index (χ1v) is 6.67. The van der Waals surface area contributed by atoms with E-state index in [1.54, 1.807) is 25.8 Å². The second kappa shape index (κ2) is 5.31. The van der Waals surface area contributed by atoms with Gasteiger partial charge in [-0.1, -0.05) is 24.3 Å². The average Bonchev–Trinajstić information content (AvgIpc) is 2.35. The van der Waals surface area contributed by atoms with E-state index >= 15 is 0 Å². The molecule has 0 saturated heterocycles. The molecule has 19 heavy (non-hydrogen) atoms. The van der Waals surface area contributed by atoms with Crippen molar-refractivity contribution in [3.05, 3.63) is 35.4 Å². The summed E-state index contributed by atoms with van der Waals surface area (Å²) in [6, 6.07) is 7.75. The van der Waals surface area contributed by atoms with Crippen molar-refractivity contribution in [2.45, 2.75) is 31.9 Å². The van der Waals surface area contributed by atoms with E-state index in [9.17, 15) is 9.90 Å². The van der Waals surface area contributed by atoms with Gasteiger partial charge in [-0.2, -0.15) is 0 Å². The Morgan fingerprint density at radius 2 is 2.16 bits per heavy atom. The van der Waals surface area contributed by atoms with Gasteiger partial charge in [-0.3, -0.25) is 4.79 Å². The SMILES string of the molecule is CN(CC(C)(C)O)C(=O)C1NCCc2ccccc21. The minimum Gasteiger partial charge on any atom is -0.389 e. The predicted octanol–water partition coefficient (Wildman–Crippen LogP) is 1.10. The molecule has 1 heterocycles. The third kappa shape index (κ3) is 3.33. The lowest BCUT2D eigenvalue weighted by atomic mass is 9.93. The third-order valence-electron chi connectivity index (χ3n) is 3.36. The van der Waals surface area contributed by atoms with Gasteiger partial charge in [-0.05, 0) is 31.4 Å². The Balaban J connectivity index is 2.17. The predicted molar refractivity (Wildman–Crippen MR) is 74.8 cm³/mol. The van der Waals surface area contributed by atoms with Gasteiger partial charge < -0.3 is 15.3 Å². The fourth-order valence-corrected chi connectivity index (χ4v) is 2.60. The molecule has 1 aliphatic heterocycles. The van der Waals surface area contributed by atoms with E-state index in [2.05, 4.69) is 11.4 Å². The molecule has 1 aromatic rings. The van der Waals surface area contributed by atoms with Crippen molar-refractivity contribution in [1.82, 2.24) is 10.2 Å². The number of benzene rings is 1. The highest BCUT2D eigenvalue weighted by Gasteiger charge is 2.29. The molecule has 0 aliphatic carbocycles. The number of hydrogen-bond acceptors (Lipinski definition) is 3. The van der Waals surface area contributed by atoms with E-state index < -0.39 is 5.60 Å². The maximum Gasteiger partial charge on any atom is 0.244 e. The molecule has 2 N–H and O–H groups in total. The first kappa shape index (κ1) is 14.0. The van der Waals surface area contributed by atoms with Crippen LogP contribution in [-0.4, -0.2) is 41.7 Å². The van der Waals surface area contributed by atoms with Crippen LogP contribution in [0.15, 0.2) is 24.3 Å². The second-order valence-corrected chi connectivity index (χ2v) is 5.84. The van der Waals surface area contributed by atoms with Crippen LogP contribution in [-0.2, 0) is 11.2 Å². The van der Waals surface area contributed by atoms with Crippen LogP contribution in [0.25, 0.3) is 0 Å². The number of carbonyl (C=O) groups is 1. The van der Waals surface area contributed by atoms with Crippen LogP contribution in [0.2, 0.25) is 0 Å². The molecular formula is C15H22N2O2. The third-order valence-corrected chi connectivity index (χ3v) is 3.36. The molecule has 1 amide bonds. The summed E-state index contributed by atoms with van der Waals surface area (Å²) in [5, 5.41) is 13.1.